The van der Waals surface area contributed by atoms with Crippen LogP contribution in [0.3, 0.4) is 0 Å². The summed E-state index contributed by atoms with van der Waals surface area (Å²) in [5.41, 5.74) is 1.15. The molecule has 0 spiro atoms. The van der Waals surface area contributed by atoms with Gasteiger partial charge in [0.25, 0.3) is 0 Å². The molecule has 2 rings (SSSR count). The Morgan fingerprint density at radius 1 is 1.60 bits per heavy atom. The van der Waals surface area contributed by atoms with Gasteiger partial charge in [0.1, 0.15) is 0 Å². The summed E-state index contributed by atoms with van der Waals surface area (Å²) in [7, 11) is 1.63. The number of nitrogens with zero attached hydrogens (tertiary/aromatic N) is 2. The molecular weight excluding hydrogens is 212 g/mol. The van der Waals surface area contributed by atoms with E-state index >= 15 is 0 Å². The predicted octanol–water partition coefficient (Wildman–Crippen LogP) is 2.30. The van der Waals surface area contributed by atoms with Gasteiger partial charge in [-0.25, -0.2) is 4.98 Å². The second-order valence-corrected chi connectivity index (χ2v) is 4.36. The van der Waals surface area contributed by atoms with Crippen LogP contribution in [0.2, 0.25) is 0 Å². The number of pyridine rings is 1. The lowest BCUT2D eigenvalue weighted by atomic mass is 10.1. The molecular formula is C11H15ClN2O. The van der Waals surface area contributed by atoms with Gasteiger partial charge in [-0.05, 0) is 18.9 Å². The molecule has 15 heavy (non-hydrogen) atoms. The maximum Gasteiger partial charge on any atom is 0.214 e. The van der Waals surface area contributed by atoms with Gasteiger partial charge in [0, 0.05) is 31.0 Å². The highest BCUT2D eigenvalue weighted by molar-refractivity contribution is 6.21. The van der Waals surface area contributed by atoms with E-state index in [9.17, 15) is 0 Å². The van der Waals surface area contributed by atoms with Crippen molar-refractivity contribution in [1.29, 1.82) is 0 Å². The molecule has 1 atom stereocenters. The third-order valence-corrected chi connectivity index (χ3v) is 3.01. The molecule has 4 heteroatoms. The van der Waals surface area contributed by atoms with E-state index in [4.69, 9.17) is 16.3 Å². The maximum absolute atomic E-state index is 6.15. The van der Waals surface area contributed by atoms with Crippen LogP contribution in [0.1, 0.15) is 12.8 Å². The molecule has 82 valence electrons. The van der Waals surface area contributed by atoms with Gasteiger partial charge in [-0.3, -0.25) is 0 Å². The van der Waals surface area contributed by atoms with E-state index in [1.165, 1.54) is 0 Å². The highest BCUT2D eigenvalue weighted by Crippen LogP contribution is 2.24. The summed E-state index contributed by atoms with van der Waals surface area (Å²) >= 11 is 6.15. The van der Waals surface area contributed by atoms with Gasteiger partial charge in [0.2, 0.25) is 5.88 Å². The van der Waals surface area contributed by atoms with Crippen molar-refractivity contribution in [2.75, 3.05) is 25.1 Å². The summed E-state index contributed by atoms with van der Waals surface area (Å²) in [5, 5.41) is 0.262. The zero-order valence-corrected chi connectivity index (χ0v) is 9.57. The number of hydrogen-bond acceptors (Lipinski definition) is 3. The summed E-state index contributed by atoms with van der Waals surface area (Å²) in [5.74, 6) is 0.657. The molecule has 0 bridgehead atoms. The van der Waals surface area contributed by atoms with Crippen LogP contribution in [0.5, 0.6) is 5.88 Å². The fourth-order valence-corrected chi connectivity index (χ4v) is 2.19. The second-order valence-electron chi connectivity index (χ2n) is 3.74. The van der Waals surface area contributed by atoms with Crippen LogP contribution < -0.4 is 9.64 Å². The third kappa shape index (κ3) is 2.53. The van der Waals surface area contributed by atoms with Crippen molar-refractivity contribution in [2.24, 2.45) is 0 Å². The van der Waals surface area contributed by atoms with Crippen molar-refractivity contribution < 1.29 is 4.74 Å². The first-order chi connectivity index (χ1) is 7.29. The van der Waals surface area contributed by atoms with Crippen LogP contribution in [0, 0.1) is 0 Å². The van der Waals surface area contributed by atoms with Gasteiger partial charge < -0.3 is 9.64 Å². The number of alkyl halides is 1. The fourth-order valence-electron chi connectivity index (χ4n) is 1.87. The van der Waals surface area contributed by atoms with Crippen LogP contribution in [-0.2, 0) is 0 Å². The van der Waals surface area contributed by atoms with Crippen LogP contribution in [0.4, 0.5) is 5.69 Å². The van der Waals surface area contributed by atoms with Crippen molar-refractivity contribution in [2.45, 2.75) is 18.2 Å². The van der Waals surface area contributed by atoms with Gasteiger partial charge in [0.15, 0.2) is 0 Å². The average Bonchev–Trinajstić information content (AvgIpc) is 2.29. The van der Waals surface area contributed by atoms with Crippen LogP contribution in [-0.4, -0.2) is 30.6 Å². The Balaban J connectivity index is 2.13. The lowest BCUT2D eigenvalue weighted by molar-refractivity contribution is 0.397. The molecule has 0 aromatic carbocycles. The standard InChI is InChI=1S/C11H15ClN2O/c1-15-11-7-10(4-5-13-11)14-6-2-3-9(12)8-14/h4-5,7,9H,2-3,6,8H2,1H3. The Labute approximate surface area is 95.0 Å². The number of piperidine rings is 1. The third-order valence-electron chi connectivity index (χ3n) is 2.66. The molecule has 1 aromatic heterocycles. The minimum Gasteiger partial charge on any atom is -0.481 e. The quantitative estimate of drug-likeness (QED) is 0.724. The number of aromatic nitrogens is 1. The molecule has 0 amide bonds. The zero-order chi connectivity index (χ0) is 10.7. The molecule has 0 N–H and O–H groups in total. The van der Waals surface area contributed by atoms with Gasteiger partial charge >= 0.3 is 0 Å². The Morgan fingerprint density at radius 3 is 3.20 bits per heavy atom. The molecule has 1 unspecified atom stereocenters. The van der Waals surface area contributed by atoms with Crippen LogP contribution in [0.25, 0.3) is 0 Å². The minimum absolute atomic E-state index is 0.262. The average molecular weight is 227 g/mol. The van der Waals surface area contributed by atoms with E-state index in [0.717, 1.165) is 31.6 Å². The highest BCUT2D eigenvalue weighted by Gasteiger charge is 2.18. The van der Waals surface area contributed by atoms with E-state index in [2.05, 4.69) is 9.88 Å². The van der Waals surface area contributed by atoms with E-state index in [0.29, 0.717) is 5.88 Å². The first-order valence-electron chi connectivity index (χ1n) is 5.18. The molecule has 0 radical (unpaired) electrons. The fraction of sp³-hybridized carbons (Fsp3) is 0.545. The van der Waals surface area contributed by atoms with E-state index in [1.807, 2.05) is 12.1 Å². The second kappa shape index (κ2) is 4.71. The number of ether oxygens (including phenoxy) is 1. The Bertz CT molecular complexity index is 332. The van der Waals surface area contributed by atoms with E-state index < -0.39 is 0 Å². The van der Waals surface area contributed by atoms with Gasteiger partial charge in [0.05, 0.1) is 12.5 Å². The molecule has 2 heterocycles. The smallest absolute Gasteiger partial charge is 0.214 e. The SMILES string of the molecule is COc1cc(N2CCCC(Cl)C2)ccn1. The summed E-state index contributed by atoms with van der Waals surface area (Å²) in [4.78, 5) is 6.37. The molecule has 1 saturated heterocycles. The van der Waals surface area contributed by atoms with Gasteiger partial charge in [-0.15, -0.1) is 11.6 Å². The first kappa shape index (κ1) is 10.6. The number of hydrogen-bond donors (Lipinski definition) is 0. The maximum atomic E-state index is 6.15. The first-order valence-corrected chi connectivity index (χ1v) is 5.62. The molecule has 1 aliphatic rings. The highest BCUT2D eigenvalue weighted by atomic mass is 35.5. The summed E-state index contributed by atoms with van der Waals surface area (Å²) in [6, 6.07) is 3.95. The Hall–Kier alpha value is -0.960. The number of methoxy groups -OCH3 is 1. The van der Waals surface area contributed by atoms with Crippen LogP contribution >= 0.6 is 11.6 Å². The van der Waals surface area contributed by atoms with Gasteiger partial charge in [-0.1, -0.05) is 0 Å². The summed E-state index contributed by atoms with van der Waals surface area (Å²) < 4.78 is 5.10. The van der Waals surface area contributed by atoms with Crippen molar-refractivity contribution in [3.05, 3.63) is 18.3 Å². The summed E-state index contributed by atoms with van der Waals surface area (Å²) in [6.07, 6.45) is 4.03. The molecule has 1 aromatic rings. The largest absolute Gasteiger partial charge is 0.481 e. The van der Waals surface area contributed by atoms with Gasteiger partial charge in [-0.2, -0.15) is 0 Å². The van der Waals surface area contributed by atoms with Crippen molar-refractivity contribution >= 4 is 17.3 Å². The zero-order valence-electron chi connectivity index (χ0n) is 8.82. The normalized spacial score (nSPS) is 21.5. The van der Waals surface area contributed by atoms with Crippen LogP contribution in [0.15, 0.2) is 18.3 Å². The predicted molar refractivity (Wildman–Crippen MR) is 61.9 cm³/mol. The number of anilines is 1. The van der Waals surface area contributed by atoms with Crippen molar-refractivity contribution in [1.82, 2.24) is 4.98 Å². The van der Waals surface area contributed by atoms with Crippen molar-refractivity contribution in [3.63, 3.8) is 0 Å². The topological polar surface area (TPSA) is 25.4 Å². The molecule has 0 aliphatic carbocycles. The monoisotopic (exact) mass is 226 g/mol. The Morgan fingerprint density at radius 2 is 2.47 bits per heavy atom. The molecule has 3 nitrogen and oxygen atoms in total. The summed E-state index contributed by atoms with van der Waals surface area (Å²) in [6.45, 7) is 1.98. The Kier molecular flexibility index (Phi) is 3.31. The van der Waals surface area contributed by atoms with E-state index in [1.54, 1.807) is 13.3 Å². The lowest BCUT2D eigenvalue weighted by Gasteiger charge is -2.31. The molecule has 0 saturated carbocycles. The molecule has 1 fully saturated rings. The van der Waals surface area contributed by atoms with Crippen molar-refractivity contribution in [3.8, 4) is 5.88 Å². The minimum atomic E-state index is 0.262. The van der Waals surface area contributed by atoms with E-state index in [-0.39, 0.29) is 5.38 Å². The lowest BCUT2D eigenvalue weighted by Crippen LogP contribution is -2.35. The number of halogens is 1. The number of rotatable bonds is 2. The molecule has 1 aliphatic heterocycles.